The van der Waals surface area contributed by atoms with Gasteiger partial charge in [0.15, 0.2) is 11.0 Å². The van der Waals surface area contributed by atoms with Gasteiger partial charge >= 0.3 is 0 Å². The van der Waals surface area contributed by atoms with Crippen LogP contribution in [0.2, 0.25) is 0 Å². The van der Waals surface area contributed by atoms with Crippen molar-refractivity contribution < 1.29 is 13.9 Å². The minimum absolute atomic E-state index is 0.0730. The van der Waals surface area contributed by atoms with Crippen molar-refractivity contribution in [2.75, 3.05) is 12.9 Å². The second-order valence-electron chi connectivity index (χ2n) is 6.84. The number of hydrogen-bond acceptors (Lipinski definition) is 6. The van der Waals surface area contributed by atoms with Crippen LogP contribution in [0.15, 0.2) is 89.1 Å². The van der Waals surface area contributed by atoms with Gasteiger partial charge in [0.2, 0.25) is 0 Å². The predicted octanol–water partition coefficient (Wildman–Crippen LogP) is 4.32. The number of nitrogens with one attached hydrogen (secondary N) is 1. The highest BCUT2D eigenvalue weighted by molar-refractivity contribution is 7.99. The van der Waals surface area contributed by atoms with Crippen LogP contribution in [0.5, 0.6) is 5.75 Å². The predicted molar refractivity (Wildman–Crippen MR) is 126 cm³/mol. The minimum atomic E-state index is -0.368. The summed E-state index contributed by atoms with van der Waals surface area (Å²) in [6.45, 7) is 0. The van der Waals surface area contributed by atoms with Crippen LogP contribution in [0.25, 0.3) is 17.1 Å². The van der Waals surface area contributed by atoms with Crippen LogP contribution in [0.3, 0.4) is 0 Å². The molecule has 1 heterocycles. The Labute approximate surface area is 194 Å². The van der Waals surface area contributed by atoms with E-state index in [-0.39, 0.29) is 17.5 Å². The van der Waals surface area contributed by atoms with Crippen LogP contribution >= 0.6 is 11.8 Å². The van der Waals surface area contributed by atoms with E-state index in [1.165, 1.54) is 30.1 Å². The summed E-state index contributed by atoms with van der Waals surface area (Å²) in [4.78, 5) is 12.3. The molecule has 33 heavy (non-hydrogen) atoms. The highest BCUT2D eigenvalue weighted by atomic mass is 32.2. The maximum atomic E-state index is 13.2. The number of aromatic nitrogens is 3. The SMILES string of the molecule is COc1ccc(-n2c(SCC(=O)N/N=C/c3cccc(F)c3)nnc2-c2ccccc2)cc1. The molecule has 4 aromatic rings. The summed E-state index contributed by atoms with van der Waals surface area (Å²) in [5.74, 6) is 0.778. The maximum Gasteiger partial charge on any atom is 0.250 e. The summed E-state index contributed by atoms with van der Waals surface area (Å²) < 4.78 is 20.4. The number of halogens is 1. The van der Waals surface area contributed by atoms with E-state index in [9.17, 15) is 9.18 Å². The van der Waals surface area contributed by atoms with Gasteiger partial charge in [-0.2, -0.15) is 5.10 Å². The fourth-order valence-electron chi connectivity index (χ4n) is 3.03. The first kappa shape index (κ1) is 22.2. The molecule has 0 saturated carbocycles. The molecular weight excluding hydrogens is 441 g/mol. The fourth-order valence-corrected chi connectivity index (χ4v) is 3.77. The van der Waals surface area contributed by atoms with Crippen LogP contribution < -0.4 is 10.2 Å². The van der Waals surface area contributed by atoms with Gasteiger partial charge in [-0.3, -0.25) is 9.36 Å². The average molecular weight is 462 g/mol. The molecule has 3 aromatic carbocycles. The van der Waals surface area contributed by atoms with E-state index in [1.54, 1.807) is 19.2 Å². The summed E-state index contributed by atoms with van der Waals surface area (Å²) in [7, 11) is 1.61. The van der Waals surface area contributed by atoms with Gasteiger partial charge in [0.05, 0.1) is 19.1 Å². The molecule has 166 valence electrons. The Bertz CT molecular complexity index is 1260. The van der Waals surface area contributed by atoms with Gasteiger partial charge in [-0.05, 0) is 42.0 Å². The van der Waals surface area contributed by atoms with Crippen molar-refractivity contribution in [1.29, 1.82) is 0 Å². The van der Waals surface area contributed by atoms with Gasteiger partial charge in [-0.15, -0.1) is 10.2 Å². The normalized spacial score (nSPS) is 11.0. The smallest absolute Gasteiger partial charge is 0.250 e. The Morgan fingerprint density at radius 1 is 1.09 bits per heavy atom. The number of methoxy groups -OCH3 is 1. The summed E-state index contributed by atoms with van der Waals surface area (Å²) in [5, 5.41) is 13.1. The second kappa shape index (κ2) is 10.6. The molecule has 4 rings (SSSR count). The van der Waals surface area contributed by atoms with Gasteiger partial charge in [0.25, 0.3) is 5.91 Å². The van der Waals surface area contributed by atoms with Gasteiger partial charge in [-0.1, -0.05) is 54.2 Å². The zero-order valence-corrected chi connectivity index (χ0v) is 18.5. The van der Waals surface area contributed by atoms with E-state index >= 15 is 0 Å². The third-order valence-electron chi connectivity index (χ3n) is 4.58. The third-order valence-corrected chi connectivity index (χ3v) is 5.51. The molecule has 9 heteroatoms. The van der Waals surface area contributed by atoms with Gasteiger partial charge in [0, 0.05) is 11.3 Å². The molecule has 0 atom stereocenters. The molecule has 0 bridgehead atoms. The van der Waals surface area contributed by atoms with Crippen LogP contribution in [-0.4, -0.2) is 39.7 Å². The highest BCUT2D eigenvalue weighted by Gasteiger charge is 2.17. The first-order chi connectivity index (χ1) is 16.1. The molecule has 1 N–H and O–H groups in total. The largest absolute Gasteiger partial charge is 0.497 e. The zero-order valence-electron chi connectivity index (χ0n) is 17.7. The summed E-state index contributed by atoms with van der Waals surface area (Å²) in [6, 6.07) is 23.1. The molecule has 0 aliphatic rings. The Kier molecular flexibility index (Phi) is 7.11. The highest BCUT2D eigenvalue weighted by Crippen LogP contribution is 2.28. The molecule has 0 fully saturated rings. The van der Waals surface area contributed by atoms with Crippen molar-refractivity contribution in [3.8, 4) is 22.8 Å². The van der Waals surface area contributed by atoms with Gasteiger partial charge < -0.3 is 4.74 Å². The number of ether oxygens (including phenoxy) is 1. The monoisotopic (exact) mass is 461 g/mol. The molecule has 1 aromatic heterocycles. The number of carbonyl (C=O) groups excluding carboxylic acids is 1. The van der Waals surface area contributed by atoms with Crippen molar-refractivity contribution in [3.63, 3.8) is 0 Å². The van der Waals surface area contributed by atoms with E-state index in [1.807, 2.05) is 59.2 Å². The van der Waals surface area contributed by atoms with Gasteiger partial charge in [0.1, 0.15) is 11.6 Å². The summed E-state index contributed by atoms with van der Waals surface area (Å²) in [5.41, 5.74) is 4.74. The molecular formula is C24H20FN5O2S. The Morgan fingerprint density at radius 2 is 1.88 bits per heavy atom. The number of rotatable bonds is 8. The lowest BCUT2D eigenvalue weighted by atomic mass is 10.2. The average Bonchev–Trinajstić information content (AvgIpc) is 3.27. The number of carbonyl (C=O) groups is 1. The molecule has 0 saturated heterocycles. The Hall–Kier alpha value is -3.98. The van der Waals surface area contributed by atoms with E-state index in [2.05, 4.69) is 20.7 Å². The van der Waals surface area contributed by atoms with Crippen LogP contribution in [0.4, 0.5) is 4.39 Å². The molecule has 0 spiro atoms. The fraction of sp³-hybridized carbons (Fsp3) is 0.0833. The molecule has 1 amide bonds. The maximum absolute atomic E-state index is 13.2. The lowest BCUT2D eigenvalue weighted by Crippen LogP contribution is -2.20. The first-order valence-corrected chi connectivity index (χ1v) is 11.0. The Morgan fingerprint density at radius 3 is 2.61 bits per heavy atom. The molecule has 0 aliphatic heterocycles. The van der Waals surface area contributed by atoms with E-state index in [0.717, 1.165) is 17.0 Å². The number of hydrazone groups is 1. The van der Waals surface area contributed by atoms with E-state index in [0.29, 0.717) is 16.5 Å². The quantitative estimate of drug-likeness (QED) is 0.240. The van der Waals surface area contributed by atoms with Crippen molar-refractivity contribution >= 4 is 23.9 Å². The lowest BCUT2D eigenvalue weighted by Gasteiger charge is -2.11. The number of amides is 1. The van der Waals surface area contributed by atoms with Crippen molar-refractivity contribution in [2.24, 2.45) is 5.10 Å². The number of thioether (sulfide) groups is 1. The van der Waals surface area contributed by atoms with Gasteiger partial charge in [-0.25, -0.2) is 9.82 Å². The first-order valence-electron chi connectivity index (χ1n) is 9.99. The van der Waals surface area contributed by atoms with Crippen molar-refractivity contribution in [3.05, 3.63) is 90.2 Å². The number of nitrogens with zero attached hydrogens (tertiary/aromatic N) is 4. The second-order valence-corrected chi connectivity index (χ2v) is 7.78. The van der Waals surface area contributed by atoms with Crippen molar-refractivity contribution in [1.82, 2.24) is 20.2 Å². The molecule has 7 nitrogen and oxygen atoms in total. The van der Waals surface area contributed by atoms with E-state index in [4.69, 9.17) is 4.74 Å². The van der Waals surface area contributed by atoms with E-state index < -0.39 is 0 Å². The molecule has 0 aliphatic carbocycles. The van der Waals surface area contributed by atoms with Crippen molar-refractivity contribution in [2.45, 2.75) is 5.16 Å². The third kappa shape index (κ3) is 5.64. The number of hydrogen-bond donors (Lipinski definition) is 1. The molecule has 0 radical (unpaired) electrons. The molecule has 0 unspecified atom stereocenters. The van der Waals surface area contributed by atoms with Crippen LogP contribution in [0.1, 0.15) is 5.56 Å². The lowest BCUT2D eigenvalue weighted by molar-refractivity contribution is -0.118. The van der Waals surface area contributed by atoms with Crippen LogP contribution in [-0.2, 0) is 4.79 Å². The number of benzene rings is 3. The van der Waals surface area contributed by atoms with Crippen LogP contribution in [0, 0.1) is 5.82 Å². The summed E-state index contributed by atoms with van der Waals surface area (Å²) in [6.07, 6.45) is 1.39. The minimum Gasteiger partial charge on any atom is -0.497 e. The Balaban J connectivity index is 1.51. The zero-order chi connectivity index (χ0) is 23.0. The topological polar surface area (TPSA) is 81.4 Å². The standard InChI is InChI=1S/C24H20FN5O2S/c1-32-21-12-10-20(11-13-21)30-23(18-7-3-2-4-8-18)28-29-24(30)33-16-22(31)27-26-15-17-6-5-9-19(25)14-17/h2-15H,16H2,1H3,(H,27,31)/b26-15+. The summed E-state index contributed by atoms with van der Waals surface area (Å²) >= 11 is 1.24.